The average molecular weight is 215 g/mol. The Labute approximate surface area is 86.0 Å². The van der Waals surface area contributed by atoms with Crippen LogP contribution in [0, 0.1) is 22.2 Å². The number of hydrogen-bond acceptors (Lipinski definition) is 3. The van der Waals surface area contributed by atoms with Crippen molar-refractivity contribution in [2.75, 3.05) is 11.5 Å². The van der Waals surface area contributed by atoms with E-state index in [1.807, 2.05) is 20.8 Å². The van der Waals surface area contributed by atoms with E-state index in [4.69, 9.17) is 0 Å². The molecule has 0 saturated carbocycles. The third kappa shape index (κ3) is 1.93. The normalized spacial score (nSPS) is 25.3. The summed E-state index contributed by atoms with van der Waals surface area (Å²) in [5, 5.41) is 9.20. The van der Waals surface area contributed by atoms with E-state index in [2.05, 4.69) is 6.07 Å². The molecule has 0 aromatic rings. The van der Waals surface area contributed by atoms with Crippen LogP contribution in [0.4, 0.5) is 0 Å². The first-order valence-electron chi connectivity index (χ1n) is 4.84. The van der Waals surface area contributed by atoms with Crippen molar-refractivity contribution in [1.29, 1.82) is 5.26 Å². The fraction of sp³-hybridized carbons (Fsp3) is 0.900. The molecule has 0 N–H and O–H groups in total. The van der Waals surface area contributed by atoms with Gasteiger partial charge in [-0.3, -0.25) is 0 Å². The van der Waals surface area contributed by atoms with E-state index >= 15 is 0 Å². The Morgan fingerprint density at radius 1 is 1.21 bits per heavy atom. The Kier molecular flexibility index (Phi) is 2.66. The van der Waals surface area contributed by atoms with Crippen molar-refractivity contribution in [3.8, 4) is 6.07 Å². The van der Waals surface area contributed by atoms with E-state index in [0.717, 1.165) is 0 Å². The third-order valence-electron chi connectivity index (χ3n) is 3.33. The van der Waals surface area contributed by atoms with Crippen LogP contribution in [-0.4, -0.2) is 19.9 Å². The molecule has 0 radical (unpaired) electrons. The van der Waals surface area contributed by atoms with Crippen molar-refractivity contribution in [3.05, 3.63) is 0 Å². The van der Waals surface area contributed by atoms with Gasteiger partial charge in [-0.25, -0.2) is 8.42 Å². The molecule has 0 amide bonds. The first kappa shape index (κ1) is 11.5. The Morgan fingerprint density at radius 3 is 1.93 bits per heavy atom. The van der Waals surface area contributed by atoms with E-state index in [1.165, 1.54) is 0 Å². The van der Waals surface area contributed by atoms with Gasteiger partial charge in [0.05, 0.1) is 23.0 Å². The summed E-state index contributed by atoms with van der Waals surface area (Å²) in [5.41, 5.74) is -0.601. The number of sulfone groups is 1. The van der Waals surface area contributed by atoms with Gasteiger partial charge in [0, 0.05) is 0 Å². The molecule has 14 heavy (non-hydrogen) atoms. The van der Waals surface area contributed by atoms with Crippen LogP contribution >= 0.6 is 0 Å². The van der Waals surface area contributed by atoms with Crippen LogP contribution in [0.15, 0.2) is 0 Å². The van der Waals surface area contributed by atoms with Crippen LogP contribution in [0.2, 0.25) is 0 Å². The zero-order valence-electron chi connectivity index (χ0n) is 9.00. The van der Waals surface area contributed by atoms with Crippen LogP contribution in [0.25, 0.3) is 0 Å². The Morgan fingerprint density at radius 2 is 1.64 bits per heavy atom. The lowest BCUT2D eigenvalue weighted by molar-refractivity contribution is 0.139. The molecule has 1 aliphatic heterocycles. The summed E-state index contributed by atoms with van der Waals surface area (Å²) in [7, 11) is -2.88. The zero-order valence-corrected chi connectivity index (χ0v) is 9.82. The van der Waals surface area contributed by atoms with E-state index in [1.54, 1.807) is 0 Å². The van der Waals surface area contributed by atoms with Gasteiger partial charge < -0.3 is 0 Å². The van der Waals surface area contributed by atoms with Gasteiger partial charge in [0.1, 0.15) is 9.84 Å². The highest BCUT2D eigenvalue weighted by molar-refractivity contribution is 7.91. The second-order valence-corrected chi connectivity index (χ2v) is 7.40. The van der Waals surface area contributed by atoms with Crippen molar-refractivity contribution < 1.29 is 8.42 Å². The van der Waals surface area contributed by atoms with E-state index in [0.29, 0.717) is 12.8 Å². The molecule has 3 nitrogen and oxygen atoms in total. The molecule has 80 valence electrons. The van der Waals surface area contributed by atoms with E-state index in [-0.39, 0.29) is 16.9 Å². The molecule has 1 saturated heterocycles. The van der Waals surface area contributed by atoms with Gasteiger partial charge in [-0.15, -0.1) is 0 Å². The largest absolute Gasteiger partial charge is 0.229 e. The lowest BCUT2D eigenvalue weighted by atomic mass is 9.64. The summed E-state index contributed by atoms with van der Waals surface area (Å²) < 4.78 is 22.5. The van der Waals surface area contributed by atoms with Gasteiger partial charge in [0.25, 0.3) is 0 Å². The maximum atomic E-state index is 11.3. The Bertz CT molecular complexity index is 343. The summed E-state index contributed by atoms with van der Waals surface area (Å²) in [4.78, 5) is 0. The molecule has 0 aromatic heterocycles. The molecule has 0 aromatic carbocycles. The van der Waals surface area contributed by atoms with Gasteiger partial charge in [-0.1, -0.05) is 20.8 Å². The second kappa shape index (κ2) is 3.23. The minimum absolute atomic E-state index is 0.141. The molecule has 4 heteroatoms. The van der Waals surface area contributed by atoms with Gasteiger partial charge in [-0.05, 0) is 18.3 Å². The quantitative estimate of drug-likeness (QED) is 0.618. The SMILES string of the molecule is CC(C)(C)C1(C#N)CCS(=O)(=O)CC1. The molecule has 0 bridgehead atoms. The smallest absolute Gasteiger partial charge is 0.150 e. The minimum atomic E-state index is -2.88. The summed E-state index contributed by atoms with van der Waals surface area (Å²) in [5.74, 6) is 0.329. The summed E-state index contributed by atoms with van der Waals surface area (Å²) in [6.45, 7) is 6.02. The molecule has 0 atom stereocenters. The van der Waals surface area contributed by atoms with Crippen molar-refractivity contribution in [2.24, 2.45) is 10.8 Å². The van der Waals surface area contributed by atoms with E-state index in [9.17, 15) is 13.7 Å². The van der Waals surface area contributed by atoms with Crippen LogP contribution in [0.5, 0.6) is 0 Å². The van der Waals surface area contributed by atoms with E-state index < -0.39 is 15.3 Å². The molecule has 0 unspecified atom stereocenters. The lowest BCUT2D eigenvalue weighted by Crippen LogP contribution is -2.41. The first-order valence-corrected chi connectivity index (χ1v) is 6.66. The number of nitrogens with zero attached hydrogens (tertiary/aromatic N) is 1. The third-order valence-corrected chi connectivity index (χ3v) is 4.98. The van der Waals surface area contributed by atoms with Crippen LogP contribution < -0.4 is 0 Å². The van der Waals surface area contributed by atoms with Gasteiger partial charge in [0.2, 0.25) is 0 Å². The fourth-order valence-electron chi connectivity index (χ4n) is 1.92. The molecular formula is C10H17NO2S. The van der Waals surface area contributed by atoms with Crippen molar-refractivity contribution in [2.45, 2.75) is 33.6 Å². The minimum Gasteiger partial charge on any atom is -0.229 e. The molecule has 1 aliphatic rings. The Balaban J connectivity index is 2.95. The highest BCUT2D eigenvalue weighted by Crippen LogP contribution is 2.46. The maximum Gasteiger partial charge on any atom is 0.150 e. The number of nitriles is 1. The van der Waals surface area contributed by atoms with Crippen molar-refractivity contribution >= 4 is 9.84 Å². The zero-order chi connectivity index (χ0) is 11.0. The van der Waals surface area contributed by atoms with Crippen LogP contribution in [0.1, 0.15) is 33.6 Å². The molecule has 1 fully saturated rings. The number of hydrogen-bond donors (Lipinski definition) is 0. The van der Waals surface area contributed by atoms with Gasteiger partial charge >= 0.3 is 0 Å². The predicted molar refractivity (Wildman–Crippen MR) is 55.4 cm³/mol. The van der Waals surface area contributed by atoms with Crippen molar-refractivity contribution in [3.63, 3.8) is 0 Å². The van der Waals surface area contributed by atoms with Crippen LogP contribution in [0.3, 0.4) is 0 Å². The predicted octanol–water partition coefficient (Wildman–Crippen LogP) is 1.75. The second-order valence-electron chi connectivity index (χ2n) is 5.10. The maximum absolute atomic E-state index is 11.3. The molecule has 0 spiro atoms. The van der Waals surface area contributed by atoms with Gasteiger partial charge in [0.15, 0.2) is 0 Å². The molecule has 0 aliphatic carbocycles. The molecule has 1 rings (SSSR count). The van der Waals surface area contributed by atoms with Gasteiger partial charge in [-0.2, -0.15) is 5.26 Å². The molecular weight excluding hydrogens is 198 g/mol. The monoisotopic (exact) mass is 215 g/mol. The fourth-order valence-corrected chi connectivity index (χ4v) is 3.44. The topological polar surface area (TPSA) is 57.9 Å². The van der Waals surface area contributed by atoms with Crippen molar-refractivity contribution in [1.82, 2.24) is 0 Å². The Hall–Kier alpha value is -0.560. The van der Waals surface area contributed by atoms with Crippen LogP contribution in [-0.2, 0) is 9.84 Å². The summed E-state index contributed by atoms with van der Waals surface area (Å²) in [6, 6.07) is 2.33. The standard InChI is InChI=1S/C10H17NO2S/c1-9(2,3)10(8-11)4-6-14(12,13)7-5-10/h4-7H2,1-3H3. The highest BCUT2D eigenvalue weighted by Gasteiger charge is 2.46. The lowest BCUT2D eigenvalue weighted by Gasteiger charge is -2.41. The first-order chi connectivity index (χ1) is 6.22. The average Bonchev–Trinajstić information content (AvgIpc) is 2.03. The summed E-state index contributed by atoms with van der Waals surface area (Å²) in [6.07, 6.45) is 0.963. The number of rotatable bonds is 0. The highest BCUT2D eigenvalue weighted by atomic mass is 32.2. The summed E-state index contributed by atoms with van der Waals surface area (Å²) >= 11 is 0. The molecule has 1 heterocycles.